The highest BCUT2D eigenvalue weighted by Crippen LogP contribution is 2.31. The van der Waals surface area contributed by atoms with Gasteiger partial charge in [0.25, 0.3) is 0 Å². The fourth-order valence-corrected chi connectivity index (χ4v) is 4.58. The molecule has 1 aliphatic rings. The van der Waals surface area contributed by atoms with Crippen molar-refractivity contribution >= 4 is 45.2 Å². The van der Waals surface area contributed by atoms with Gasteiger partial charge in [-0.25, -0.2) is 14.0 Å². The highest BCUT2D eigenvalue weighted by Gasteiger charge is 2.23. The Morgan fingerprint density at radius 3 is 1.98 bits per heavy atom. The summed E-state index contributed by atoms with van der Waals surface area (Å²) in [5, 5.41) is 0.405. The first-order valence-electron chi connectivity index (χ1n) is 12.3. The van der Waals surface area contributed by atoms with E-state index in [2.05, 4.69) is 25.6 Å². The summed E-state index contributed by atoms with van der Waals surface area (Å²) in [7, 11) is 5.71. The Bertz CT molecular complexity index is 1330. The fraction of sp³-hybridized carbons (Fsp3) is 0.310. The molecule has 214 valence electrons. The smallest absolute Gasteiger partial charge is 0.341 e. The van der Waals surface area contributed by atoms with Crippen molar-refractivity contribution in [1.29, 1.82) is 0 Å². The molecule has 0 atom stereocenters. The van der Waals surface area contributed by atoms with E-state index in [-0.39, 0.29) is 11.9 Å². The van der Waals surface area contributed by atoms with E-state index in [9.17, 15) is 14.0 Å². The Labute approximate surface area is 246 Å². The quantitative estimate of drug-likeness (QED) is 0.269. The zero-order valence-electron chi connectivity index (χ0n) is 22.5. The summed E-state index contributed by atoms with van der Waals surface area (Å²) >= 11 is 9.35. The number of ether oxygens (including phenoxy) is 5. The average Bonchev–Trinajstić information content (AvgIpc) is 2.98. The van der Waals surface area contributed by atoms with Gasteiger partial charge >= 0.3 is 11.9 Å². The van der Waals surface area contributed by atoms with Crippen LogP contribution in [0.4, 0.5) is 10.1 Å². The Morgan fingerprint density at radius 1 is 0.825 bits per heavy atom. The highest BCUT2D eigenvalue weighted by molar-refractivity contribution is 9.10. The molecule has 11 heteroatoms. The number of carbonyl (C=O) groups excluding carboxylic acids is 2. The van der Waals surface area contributed by atoms with Crippen LogP contribution in [0.25, 0.3) is 0 Å². The fourth-order valence-electron chi connectivity index (χ4n) is 4.08. The number of carbonyl (C=O) groups is 2. The molecule has 0 radical (unpaired) electrons. The summed E-state index contributed by atoms with van der Waals surface area (Å²) in [5.74, 6) is 0.149. The third-order valence-electron chi connectivity index (χ3n) is 6.15. The first-order valence-corrected chi connectivity index (χ1v) is 13.4. The van der Waals surface area contributed by atoms with Crippen LogP contribution >= 0.6 is 27.5 Å². The zero-order valence-corrected chi connectivity index (χ0v) is 24.9. The van der Waals surface area contributed by atoms with E-state index in [4.69, 9.17) is 30.5 Å². The summed E-state index contributed by atoms with van der Waals surface area (Å²) in [6, 6.07) is 14.6. The molecule has 1 heterocycles. The largest absolute Gasteiger partial charge is 0.496 e. The SMILES string of the molecule is COC(=O)c1ccc(Br)cc1OC.COC(=O)c1ccc(N2CCC(Oc3cc(F)ccc3Cl)CC2)cc1OC. The second-order valence-corrected chi connectivity index (χ2v) is 9.91. The van der Waals surface area contributed by atoms with Crippen molar-refractivity contribution in [3.63, 3.8) is 0 Å². The van der Waals surface area contributed by atoms with E-state index in [1.807, 2.05) is 12.1 Å². The predicted molar refractivity (Wildman–Crippen MR) is 154 cm³/mol. The molecule has 3 aromatic carbocycles. The van der Waals surface area contributed by atoms with Gasteiger partial charge in [0.05, 0.1) is 33.5 Å². The van der Waals surface area contributed by atoms with E-state index in [1.165, 1.54) is 46.6 Å². The molecule has 1 aliphatic heterocycles. The van der Waals surface area contributed by atoms with Crippen LogP contribution in [0.15, 0.2) is 59.1 Å². The topological polar surface area (TPSA) is 83.5 Å². The van der Waals surface area contributed by atoms with Crippen molar-refractivity contribution in [3.05, 3.63) is 81.0 Å². The third-order valence-corrected chi connectivity index (χ3v) is 6.96. The third kappa shape index (κ3) is 8.02. The zero-order chi connectivity index (χ0) is 29.2. The first kappa shape index (κ1) is 31.0. The van der Waals surface area contributed by atoms with Gasteiger partial charge < -0.3 is 28.6 Å². The van der Waals surface area contributed by atoms with E-state index in [1.54, 1.807) is 24.3 Å². The van der Waals surface area contributed by atoms with Gasteiger partial charge in [-0.1, -0.05) is 27.5 Å². The summed E-state index contributed by atoms with van der Waals surface area (Å²) < 4.78 is 39.8. The lowest BCUT2D eigenvalue weighted by Gasteiger charge is -2.34. The molecule has 0 unspecified atom stereocenters. The molecule has 8 nitrogen and oxygen atoms in total. The van der Waals surface area contributed by atoms with Gasteiger partial charge in [-0.15, -0.1) is 0 Å². The molecule has 1 saturated heterocycles. The average molecular weight is 639 g/mol. The van der Waals surface area contributed by atoms with Crippen LogP contribution in [0.1, 0.15) is 33.6 Å². The molecule has 0 aromatic heterocycles. The van der Waals surface area contributed by atoms with Crippen LogP contribution in [0.5, 0.6) is 17.2 Å². The van der Waals surface area contributed by atoms with E-state index < -0.39 is 11.9 Å². The standard InChI is InChI=1S/C20H21ClFNO4.C9H9BrO3/c1-25-18-12-14(4-5-16(18)20(24)26-2)23-9-7-15(8-10-23)27-19-11-13(22)3-6-17(19)21;1-12-8-5-6(10)3-4-7(8)9(11)13-2/h3-6,11-12,15H,7-10H2,1-2H3;3-5H,1-2H3. The molecular weight excluding hydrogens is 609 g/mol. The molecule has 0 aliphatic carbocycles. The van der Waals surface area contributed by atoms with Gasteiger partial charge in [-0.3, -0.25) is 0 Å². The summed E-state index contributed by atoms with van der Waals surface area (Å²) in [6.45, 7) is 1.52. The lowest BCUT2D eigenvalue weighted by molar-refractivity contribution is 0.0588. The number of methoxy groups -OCH3 is 4. The molecule has 0 spiro atoms. The number of halogens is 3. The van der Waals surface area contributed by atoms with Crippen molar-refractivity contribution in [2.24, 2.45) is 0 Å². The van der Waals surface area contributed by atoms with Crippen LogP contribution < -0.4 is 19.1 Å². The number of piperidine rings is 1. The molecule has 3 aromatic rings. The van der Waals surface area contributed by atoms with E-state index in [0.29, 0.717) is 33.4 Å². The minimum absolute atomic E-state index is 0.0308. The predicted octanol–water partition coefficient (Wildman–Crippen LogP) is 6.57. The maximum atomic E-state index is 13.4. The number of esters is 2. The summed E-state index contributed by atoms with van der Waals surface area (Å²) in [4.78, 5) is 25.2. The summed E-state index contributed by atoms with van der Waals surface area (Å²) in [5.41, 5.74) is 1.78. The molecule has 40 heavy (non-hydrogen) atoms. The second kappa shape index (κ2) is 14.8. The first-order chi connectivity index (χ1) is 19.2. The highest BCUT2D eigenvalue weighted by atomic mass is 79.9. The maximum Gasteiger partial charge on any atom is 0.341 e. The van der Waals surface area contributed by atoms with Crippen molar-refractivity contribution in [2.75, 3.05) is 46.4 Å². The van der Waals surface area contributed by atoms with Crippen LogP contribution in [-0.2, 0) is 9.47 Å². The summed E-state index contributed by atoms with van der Waals surface area (Å²) in [6.07, 6.45) is 1.51. The maximum absolute atomic E-state index is 13.4. The molecule has 0 amide bonds. The number of hydrogen-bond acceptors (Lipinski definition) is 8. The van der Waals surface area contributed by atoms with Crippen molar-refractivity contribution in [1.82, 2.24) is 0 Å². The van der Waals surface area contributed by atoms with Crippen molar-refractivity contribution in [3.8, 4) is 17.2 Å². The van der Waals surface area contributed by atoms with E-state index >= 15 is 0 Å². The molecule has 0 N–H and O–H groups in total. The van der Waals surface area contributed by atoms with Crippen LogP contribution in [0.3, 0.4) is 0 Å². The van der Waals surface area contributed by atoms with Gasteiger partial charge in [-0.05, 0) is 42.5 Å². The molecule has 1 fully saturated rings. The number of nitrogens with zero attached hydrogens (tertiary/aromatic N) is 1. The van der Waals surface area contributed by atoms with Crippen LogP contribution in [-0.4, -0.2) is 59.6 Å². The molecule has 0 saturated carbocycles. The lowest BCUT2D eigenvalue weighted by atomic mass is 10.1. The Morgan fingerprint density at radius 2 is 1.40 bits per heavy atom. The molecule has 0 bridgehead atoms. The minimum atomic E-state index is -0.433. The van der Waals surface area contributed by atoms with E-state index in [0.717, 1.165) is 36.1 Å². The Balaban J connectivity index is 0.000000285. The van der Waals surface area contributed by atoms with Gasteiger partial charge in [0.15, 0.2) is 0 Å². The van der Waals surface area contributed by atoms with Crippen molar-refractivity contribution in [2.45, 2.75) is 18.9 Å². The number of rotatable bonds is 7. The van der Waals surface area contributed by atoms with Gasteiger partial charge in [0.2, 0.25) is 0 Å². The minimum Gasteiger partial charge on any atom is -0.496 e. The lowest BCUT2D eigenvalue weighted by Crippen LogP contribution is -2.38. The van der Waals surface area contributed by atoms with Crippen LogP contribution in [0.2, 0.25) is 5.02 Å². The van der Waals surface area contributed by atoms with Gasteiger partial charge in [0, 0.05) is 48.2 Å². The Kier molecular flexibility index (Phi) is 11.5. The molecular formula is C29H30BrClFNO7. The Hall–Kier alpha value is -3.50. The number of hydrogen-bond donors (Lipinski definition) is 0. The molecule has 4 rings (SSSR count). The normalized spacial score (nSPS) is 13.0. The van der Waals surface area contributed by atoms with Crippen LogP contribution in [0, 0.1) is 5.82 Å². The monoisotopic (exact) mass is 637 g/mol. The second-order valence-electron chi connectivity index (χ2n) is 8.59. The van der Waals surface area contributed by atoms with Gasteiger partial charge in [-0.2, -0.15) is 0 Å². The number of anilines is 1. The van der Waals surface area contributed by atoms with Crippen molar-refractivity contribution < 1.29 is 37.7 Å². The van der Waals surface area contributed by atoms with Gasteiger partial charge in [0.1, 0.15) is 40.3 Å². The number of benzene rings is 3.